The SMILES string of the molecule is CN(Cc1ccncc1)C(=O)c1ccc(CN)cc1. The van der Waals surface area contributed by atoms with Gasteiger partial charge in [0.1, 0.15) is 0 Å². The lowest BCUT2D eigenvalue weighted by Crippen LogP contribution is -2.26. The Kier molecular flexibility index (Phi) is 4.26. The van der Waals surface area contributed by atoms with Gasteiger partial charge in [-0.3, -0.25) is 9.78 Å². The van der Waals surface area contributed by atoms with E-state index in [2.05, 4.69) is 4.98 Å². The van der Waals surface area contributed by atoms with Crippen molar-refractivity contribution in [3.8, 4) is 0 Å². The molecule has 4 nitrogen and oxygen atoms in total. The van der Waals surface area contributed by atoms with E-state index in [0.29, 0.717) is 18.7 Å². The largest absolute Gasteiger partial charge is 0.337 e. The summed E-state index contributed by atoms with van der Waals surface area (Å²) in [5.74, 6) is 0.000355. The maximum atomic E-state index is 12.2. The van der Waals surface area contributed by atoms with Gasteiger partial charge in [-0.05, 0) is 35.4 Å². The molecule has 0 atom stereocenters. The molecule has 0 bridgehead atoms. The summed E-state index contributed by atoms with van der Waals surface area (Å²) < 4.78 is 0. The van der Waals surface area contributed by atoms with Crippen molar-refractivity contribution >= 4 is 5.91 Å². The molecule has 0 aliphatic carbocycles. The summed E-state index contributed by atoms with van der Waals surface area (Å²) in [6, 6.07) is 11.2. The first-order valence-electron chi connectivity index (χ1n) is 6.14. The van der Waals surface area contributed by atoms with Crippen LogP contribution in [0.5, 0.6) is 0 Å². The number of aromatic nitrogens is 1. The Labute approximate surface area is 112 Å². The molecule has 2 rings (SSSR count). The Morgan fingerprint density at radius 3 is 2.32 bits per heavy atom. The number of carbonyl (C=O) groups excluding carboxylic acids is 1. The van der Waals surface area contributed by atoms with Gasteiger partial charge in [0.2, 0.25) is 0 Å². The third-order valence-corrected chi connectivity index (χ3v) is 2.95. The number of pyridine rings is 1. The second-order valence-corrected chi connectivity index (χ2v) is 4.42. The molecule has 1 heterocycles. The van der Waals surface area contributed by atoms with Gasteiger partial charge in [-0.15, -0.1) is 0 Å². The van der Waals surface area contributed by atoms with Crippen molar-refractivity contribution in [3.63, 3.8) is 0 Å². The number of hydrogen-bond acceptors (Lipinski definition) is 3. The van der Waals surface area contributed by atoms with Crippen LogP contribution in [-0.2, 0) is 13.1 Å². The van der Waals surface area contributed by atoms with Crippen LogP contribution in [0.4, 0.5) is 0 Å². The molecule has 0 spiro atoms. The van der Waals surface area contributed by atoms with Crippen LogP contribution in [0.25, 0.3) is 0 Å². The van der Waals surface area contributed by atoms with Crippen LogP contribution < -0.4 is 5.73 Å². The Morgan fingerprint density at radius 2 is 1.74 bits per heavy atom. The van der Waals surface area contributed by atoms with Crippen molar-refractivity contribution in [2.75, 3.05) is 7.05 Å². The molecule has 0 aliphatic rings. The van der Waals surface area contributed by atoms with Gasteiger partial charge in [0.05, 0.1) is 0 Å². The highest BCUT2D eigenvalue weighted by Crippen LogP contribution is 2.09. The van der Waals surface area contributed by atoms with Gasteiger partial charge >= 0.3 is 0 Å². The number of amides is 1. The maximum Gasteiger partial charge on any atom is 0.253 e. The molecule has 1 aromatic carbocycles. The Balaban J connectivity index is 2.06. The van der Waals surface area contributed by atoms with E-state index in [1.54, 1.807) is 24.3 Å². The van der Waals surface area contributed by atoms with Crippen LogP contribution in [0, 0.1) is 0 Å². The van der Waals surface area contributed by atoms with Crippen molar-refractivity contribution in [1.82, 2.24) is 9.88 Å². The van der Waals surface area contributed by atoms with Crippen molar-refractivity contribution < 1.29 is 4.79 Å². The number of nitrogens with two attached hydrogens (primary N) is 1. The summed E-state index contributed by atoms with van der Waals surface area (Å²) in [6.45, 7) is 1.06. The summed E-state index contributed by atoms with van der Waals surface area (Å²) in [5, 5.41) is 0. The second-order valence-electron chi connectivity index (χ2n) is 4.42. The first-order valence-corrected chi connectivity index (χ1v) is 6.14. The first-order chi connectivity index (χ1) is 9.20. The molecule has 1 amide bonds. The predicted molar refractivity (Wildman–Crippen MR) is 74.4 cm³/mol. The van der Waals surface area contributed by atoms with Gasteiger partial charge in [-0.25, -0.2) is 0 Å². The Morgan fingerprint density at radius 1 is 1.11 bits per heavy atom. The fourth-order valence-electron chi connectivity index (χ4n) is 1.84. The van der Waals surface area contributed by atoms with Crippen LogP contribution in [0.2, 0.25) is 0 Å². The number of nitrogens with zero attached hydrogens (tertiary/aromatic N) is 2. The lowest BCUT2D eigenvalue weighted by atomic mass is 10.1. The molecule has 19 heavy (non-hydrogen) atoms. The normalized spacial score (nSPS) is 10.2. The molecule has 0 aliphatic heterocycles. The van der Waals surface area contributed by atoms with Crippen LogP contribution >= 0.6 is 0 Å². The average Bonchev–Trinajstić information content (AvgIpc) is 2.47. The van der Waals surface area contributed by atoms with Crippen LogP contribution in [0.15, 0.2) is 48.8 Å². The van der Waals surface area contributed by atoms with Crippen LogP contribution in [0.1, 0.15) is 21.5 Å². The molecule has 0 saturated carbocycles. The molecular formula is C15H17N3O. The minimum Gasteiger partial charge on any atom is -0.337 e. The lowest BCUT2D eigenvalue weighted by molar-refractivity contribution is 0.0785. The van der Waals surface area contributed by atoms with Gasteiger partial charge in [0.25, 0.3) is 5.91 Å². The van der Waals surface area contributed by atoms with Gasteiger partial charge in [0, 0.05) is 38.1 Å². The van der Waals surface area contributed by atoms with Crippen molar-refractivity contribution in [2.45, 2.75) is 13.1 Å². The molecule has 0 saturated heterocycles. The van der Waals surface area contributed by atoms with E-state index in [9.17, 15) is 4.79 Å². The van der Waals surface area contributed by atoms with Gasteiger partial charge in [-0.2, -0.15) is 0 Å². The summed E-state index contributed by atoms with van der Waals surface area (Å²) in [6.07, 6.45) is 3.45. The van der Waals surface area contributed by atoms with Crippen molar-refractivity contribution in [3.05, 3.63) is 65.5 Å². The van der Waals surface area contributed by atoms with E-state index in [0.717, 1.165) is 11.1 Å². The van der Waals surface area contributed by atoms with Gasteiger partial charge in [0.15, 0.2) is 0 Å². The van der Waals surface area contributed by atoms with E-state index < -0.39 is 0 Å². The Bertz CT molecular complexity index is 537. The van der Waals surface area contributed by atoms with Crippen molar-refractivity contribution in [2.24, 2.45) is 5.73 Å². The zero-order valence-electron chi connectivity index (χ0n) is 10.9. The monoisotopic (exact) mass is 255 g/mol. The molecule has 2 N–H and O–H groups in total. The third kappa shape index (κ3) is 3.39. The highest BCUT2D eigenvalue weighted by atomic mass is 16.2. The van der Waals surface area contributed by atoms with E-state index in [4.69, 9.17) is 5.73 Å². The fraction of sp³-hybridized carbons (Fsp3) is 0.200. The van der Waals surface area contributed by atoms with Crippen molar-refractivity contribution in [1.29, 1.82) is 0 Å². The summed E-state index contributed by atoms with van der Waals surface area (Å²) in [5.41, 5.74) is 8.29. The highest BCUT2D eigenvalue weighted by Gasteiger charge is 2.11. The number of carbonyl (C=O) groups is 1. The molecule has 1 aromatic heterocycles. The quantitative estimate of drug-likeness (QED) is 0.906. The third-order valence-electron chi connectivity index (χ3n) is 2.95. The molecule has 4 heteroatoms. The standard InChI is InChI=1S/C15H17N3O/c1-18(11-13-6-8-17-9-7-13)15(19)14-4-2-12(10-16)3-5-14/h2-9H,10-11,16H2,1H3. The average molecular weight is 255 g/mol. The van der Waals surface area contributed by atoms with E-state index >= 15 is 0 Å². The minimum absolute atomic E-state index is 0.000355. The van der Waals surface area contributed by atoms with E-state index in [1.807, 2.05) is 36.4 Å². The summed E-state index contributed by atoms with van der Waals surface area (Å²) >= 11 is 0. The van der Waals surface area contributed by atoms with E-state index in [1.165, 1.54) is 0 Å². The molecule has 2 aromatic rings. The predicted octanol–water partition coefficient (Wildman–Crippen LogP) is 1.81. The number of rotatable bonds is 4. The number of hydrogen-bond donors (Lipinski definition) is 1. The Hall–Kier alpha value is -2.20. The molecular weight excluding hydrogens is 238 g/mol. The topological polar surface area (TPSA) is 59.2 Å². The van der Waals surface area contributed by atoms with Crippen LogP contribution in [-0.4, -0.2) is 22.8 Å². The van der Waals surface area contributed by atoms with Crippen LogP contribution in [0.3, 0.4) is 0 Å². The lowest BCUT2D eigenvalue weighted by Gasteiger charge is -2.17. The molecule has 0 radical (unpaired) electrons. The summed E-state index contributed by atoms with van der Waals surface area (Å²) in [7, 11) is 1.79. The van der Waals surface area contributed by atoms with E-state index in [-0.39, 0.29) is 5.91 Å². The molecule has 0 fully saturated rings. The smallest absolute Gasteiger partial charge is 0.253 e. The molecule has 0 unspecified atom stereocenters. The van der Waals surface area contributed by atoms with Gasteiger partial charge in [-0.1, -0.05) is 12.1 Å². The summed E-state index contributed by atoms with van der Waals surface area (Å²) in [4.78, 5) is 17.9. The minimum atomic E-state index is 0.000355. The zero-order chi connectivity index (χ0) is 13.7. The fourth-order valence-corrected chi connectivity index (χ4v) is 1.84. The number of benzene rings is 1. The second kappa shape index (κ2) is 6.11. The van der Waals surface area contributed by atoms with Gasteiger partial charge < -0.3 is 10.6 Å². The highest BCUT2D eigenvalue weighted by molar-refractivity contribution is 5.94. The molecule has 98 valence electrons. The maximum absolute atomic E-state index is 12.2. The first kappa shape index (κ1) is 13.2. The zero-order valence-corrected chi connectivity index (χ0v) is 10.9.